The predicted octanol–water partition coefficient (Wildman–Crippen LogP) is 5.51. The van der Waals surface area contributed by atoms with Gasteiger partial charge in [-0.15, -0.1) is 0 Å². The SMILES string of the molecule is COc1ccc(NC(=O)c2cccc(NC(=O)c3ccc(Cl)cc3Cl)c2)cc1. The second kappa shape index (κ2) is 8.78. The first-order chi connectivity index (χ1) is 13.5. The summed E-state index contributed by atoms with van der Waals surface area (Å²) in [6, 6.07) is 18.2. The van der Waals surface area contributed by atoms with Crippen LogP contribution in [0.1, 0.15) is 20.7 Å². The van der Waals surface area contributed by atoms with Crippen molar-refractivity contribution in [3.8, 4) is 5.75 Å². The molecule has 0 radical (unpaired) electrons. The van der Waals surface area contributed by atoms with Gasteiger partial charge in [-0.05, 0) is 60.7 Å². The molecule has 7 heteroatoms. The summed E-state index contributed by atoms with van der Waals surface area (Å²) in [7, 11) is 1.57. The number of halogens is 2. The minimum absolute atomic E-state index is 0.249. The molecule has 0 saturated heterocycles. The van der Waals surface area contributed by atoms with E-state index in [1.165, 1.54) is 6.07 Å². The number of amides is 2. The van der Waals surface area contributed by atoms with E-state index in [-0.39, 0.29) is 10.9 Å². The van der Waals surface area contributed by atoms with Crippen LogP contribution in [0.2, 0.25) is 10.0 Å². The molecule has 2 N–H and O–H groups in total. The number of anilines is 2. The number of nitrogens with one attached hydrogen (secondary N) is 2. The zero-order chi connectivity index (χ0) is 20.1. The van der Waals surface area contributed by atoms with Gasteiger partial charge in [0.05, 0.1) is 17.7 Å². The van der Waals surface area contributed by atoms with Crippen LogP contribution in [-0.4, -0.2) is 18.9 Å². The fourth-order valence-corrected chi connectivity index (χ4v) is 2.98. The first-order valence-electron chi connectivity index (χ1n) is 8.28. The summed E-state index contributed by atoms with van der Waals surface area (Å²) in [4.78, 5) is 24.9. The lowest BCUT2D eigenvalue weighted by molar-refractivity contribution is 0.101. The highest BCUT2D eigenvalue weighted by Gasteiger charge is 2.13. The molecular weight excluding hydrogens is 399 g/mol. The lowest BCUT2D eigenvalue weighted by Gasteiger charge is -2.10. The standard InChI is InChI=1S/C21H16Cl2N2O3/c1-28-17-8-6-15(7-9-17)24-20(26)13-3-2-4-16(11-13)25-21(27)18-10-5-14(22)12-19(18)23/h2-12H,1H3,(H,24,26)(H,25,27). The van der Waals surface area contributed by atoms with E-state index in [9.17, 15) is 9.59 Å². The number of hydrogen-bond acceptors (Lipinski definition) is 3. The average molecular weight is 415 g/mol. The predicted molar refractivity (Wildman–Crippen MR) is 112 cm³/mol. The topological polar surface area (TPSA) is 67.4 Å². The van der Waals surface area contributed by atoms with Gasteiger partial charge < -0.3 is 15.4 Å². The maximum atomic E-state index is 12.5. The number of ether oxygens (including phenoxy) is 1. The molecular formula is C21H16Cl2N2O3. The van der Waals surface area contributed by atoms with Crippen molar-refractivity contribution < 1.29 is 14.3 Å². The molecule has 2 amide bonds. The van der Waals surface area contributed by atoms with Crippen molar-refractivity contribution >= 4 is 46.4 Å². The van der Waals surface area contributed by atoms with Crippen LogP contribution in [0, 0.1) is 0 Å². The van der Waals surface area contributed by atoms with Gasteiger partial charge in [0.1, 0.15) is 5.75 Å². The zero-order valence-corrected chi connectivity index (χ0v) is 16.3. The van der Waals surface area contributed by atoms with Crippen LogP contribution in [0.5, 0.6) is 5.75 Å². The van der Waals surface area contributed by atoms with E-state index in [2.05, 4.69) is 10.6 Å². The molecule has 0 aliphatic heterocycles. The third-order valence-electron chi connectivity index (χ3n) is 3.91. The minimum Gasteiger partial charge on any atom is -0.497 e. The maximum absolute atomic E-state index is 12.5. The van der Waals surface area contributed by atoms with Crippen LogP contribution >= 0.6 is 23.2 Å². The van der Waals surface area contributed by atoms with Crippen LogP contribution in [0.15, 0.2) is 66.7 Å². The first kappa shape index (κ1) is 19.7. The second-order valence-corrected chi connectivity index (χ2v) is 6.69. The zero-order valence-electron chi connectivity index (χ0n) is 14.8. The third-order valence-corrected chi connectivity index (χ3v) is 4.45. The van der Waals surface area contributed by atoms with Crippen LogP contribution in [0.4, 0.5) is 11.4 Å². The van der Waals surface area contributed by atoms with Gasteiger partial charge in [0.15, 0.2) is 0 Å². The highest BCUT2D eigenvalue weighted by Crippen LogP contribution is 2.23. The average Bonchev–Trinajstić information content (AvgIpc) is 2.68. The van der Waals surface area contributed by atoms with E-state index >= 15 is 0 Å². The highest BCUT2D eigenvalue weighted by atomic mass is 35.5. The molecule has 3 aromatic carbocycles. The van der Waals surface area contributed by atoms with Gasteiger partial charge in [0.2, 0.25) is 0 Å². The lowest BCUT2D eigenvalue weighted by Crippen LogP contribution is -2.15. The molecule has 0 spiro atoms. The van der Waals surface area contributed by atoms with Crippen molar-refractivity contribution in [3.63, 3.8) is 0 Å². The monoisotopic (exact) mass is 414 g/mol. The highest BCUT2D eigenvalue weighted by molar-refractivity contribution is 6.37. The van der Waals surface area contributed by atoms with Crippen molar-refractivity contribution in [2.45, 2.75) is 0 Å². The molecule has 0 atom stereocenters. The number of hydrogen-bond donors (Lipinski definition) is 2. The number of carbonyl (C=O) groups is 2. The molecule has 0 unspecified atom stereocenters. The van der Waals surface area contributed by atoms with Crippen LogP contribution in [0.25, 0.3) is 0 Å². The minimum atomic E-state index is -0.394. The van der Waals surface area contributed by atoms with E-state index in [1.54, 1.807) is 67.8 Å². The van der Waals surface area contributed by atoms with Gasteiger partial charge in [-0.2, -0.15) is 0 Å². The molecule has 0 bridgehead atoms. The molecule has 0 heterocycles. The first-order valence-corrected chi connectivity index (χ1v) is 9.04. The van der Waals surface area contributed by atoms with Crippen molar-refractivity contribution in [1.82, 2.24) is 0 Å². The summed E-state index contributed by atoms with van der Waals surface area (Å²) in [6.07, 6.45) is 0. The summed E-state index contributed by atoms with van der Waals surface area (Å²) in [5, 5.41) is 6.22. The molecule has 28 heavy (non-hydrogen) atoms. The number of benzene rings is 3. The van der Waals surface area contributed by atoms with E-state index in [4.69, 9.17) is 27.9 Å². The Kier molecular flexibility index (Phi) is 6.19. The Morgan fingerprint density at radius 2 is 1.54 bits per heavy atom. The summed E-state index contributed by atoms with van der Waals surface area (Å²) in [6.45, 7) is 0. The maximum Gasteiger partial charge on any atom is 0.257 e. The Labute approximate surface area is 172 Å². The third kappa shape index (κ3) is 4.82. The Morgan fingerprint density at radius 1 is 0.821 bits per heavy atom. The molecule has 0 aromatic heterocycles. The number of carbonyl (C=O) groups excluding carboxylic acids is 2. The summed E-state index contributed by atoms with van der Waals surface area (Å²) in [5.41, 5.74) is 1.79. The van der Waals surface area contributed by atoms with Crippen molar-refractivity contribution in [2.75, 3.05) is 17.7 Å². The lowest BCUT2D eigenvalue weighted by atomic mass is 10.1. The molecule has 5 nitrogen and oxygen atoms in total. The quantitative estimate of drug-likeness (QED) is 0.578. The molecule has 0 saturated carbocycles. The van der Waals surface area contributed by atoms with E-state index < -0.39 is 5.91 Å². The number of rotatable bonds is 5. The molecule has 142 valence electrons. The van der Waals surface area contributed by atoms with Gasteiger partial charge in [-0.25, -0.2) is 0 Å². The molecule has 0 aliphatic rings. The van der Waals surface area contributed by atoms with Gasteiger partial charge in [0, 0.05) is 22.0 Å². The summed E-state index contributed by atoms with van der Waals surface area (Å²) < 4.78 is 5.09. The van der Waals surface area contributed by atoms with Crippen LogP contribution in [0.3, 0.4) is 0 Å². The van der Waals surface area contributed by atoms with Crippen molar-refractivity contribution in [3.05, 3.63) is 87.9 Å². The largest absolute Gasteiger partial charge is 0.497 e. The normalized spacial score (nSPS) is 10.2. The fourth-order valence-electron chi connectivity index (χ4n) is 2.49. The van der Waals surface area contributed by atoms with Gasteiger partial charge in [-0.3, -0.25) is 9.59 Å². The fraction of sp³-hybridized carbons (Fsp3) is 0.0476. The van der Waals surface area contributed by atoms with Gasteiger partial charge in [-0.1, -0.05) is 29.3 Å². The number of methoxy groups -OCH3 is 1. The molecule has 3 aromatic rings. The molecule has 3 rings (SSSR count). The van der Waals surface area contributed by atoms with Crippen LogP contribution in [-0.2, 0) is 0 Å². The Hall–Kier alpha value is -3.02. The van der Waals surface area contributed by atoms with E-state index in [0.29, 0.717) is 33.3 Å². The summed E-state index contributed by atoms with van der Waals surface area (Å²) in [5.74, 6) is 0.00346. The van der Waals surface area contributed by atoms with Crippen molar-refractivity contribution in [1.29, 1.82) is 0 Å². The van der Waals surface area contributed by atoms with Crippen molar-refractivity contribution in [2.24, 2.45) is 0 Å². The van der Waals surface area contributed by atoms with E-state index in [0.717, 1.165) is 0 Å². The Balaban J connectivity index is 1.72. The Bertz CT molecular complexity index is 1020. The van der Waals surface area contributed by atoms with Crippen LogP contribution < -0.4 is 15.4 Å². The Morgan fingerprint density at radius 3 is 2.21 bits per heavy atom. The van der Waals surface area contributed by atoms with Gasteiger partial charge in [0.25, 0.3) is 11.8 Å². The van der Waals surface area contributed by atoms with E-state index in [1.807, 2.05) is 0 Å². The summed E-state index contributed by atoms with van der Waals surface area (Å²) >= 11 is 11.9. The molecule has 0 fully saturated rings. The van der Waals surface area contributed by atoms with Gasteiger partial charge >= 0.3 is 0 Å². The second-order valence-electron chi connectivity index (χ2n) is 5.84. The smallest absolute Gasteiger partial charge is 0.257 e. The molecule has 0 aliphatic carbocycles.